The summed E-state index contributed by atoms with van der Waals surface area (Å²) in [6.07, 6.45) is 0.989. The molecule has 1 rings (SSSR count). The quantitative estimate of drug-likeness (QED) is 0.731. The average molecular weight is 327 g/mol. The van der Waals surface area contributed by atoms with Crippen LogP contribution in [0.25, 0.3) is 0 Å². The van der Waals surface area contributed by atoms with Crippen LogP contribution in [0, 0.1) is 11.3 Å². The van der Waals surface area contributed by atoms with Gasteiger partial charge in [0.1, 0.15) is 0 Å². The van der Waals surface area contributed by atoms with E-state index in [9.17, 15) is 13.2 Å². The number of carbonyl (C=O) groups excluding carboxylic acids is 1. The van der Waals surface area contributed by atoms with Gasteiger partial charge in [-0.2, -0.15) is 5.26 Å². The summed E-state index contributed by atoms with van der Waals surface area (Å²) in [6, 6.07) is 7.91. The molecule has 0 saturated carbocycles. The van der Waals surface area contributed by atoms with Gasteiger partial charge >= 0.3 is 0 Å². The molecule has 114 valence electrons. The highest BCUT2D eigenvalue weighted by molar-refractivity contribution is 8.00. The van der Waals surface area contributed by atoms with Crippen LogP contribution in [0.5, 0.6) is 0 Å². The number of rotatable bonds is 7. The summed E-state index contributed by atoms with van der Waals surface area (Å²) < 4.78 is 22.2. The summed E-state index contributed by atoms with van der Waals surface area (Å²) in [4.78, 5) is 12.5. The lowest BCUT2D eigenvalue weighted by Crippen LogP contribution is -2.35. The number of sulfonamides is 1. The first-order valence-corrected chi connectivity index (χ1v) is 8.82. The first kappa shape index (κ1) is 17.5. The zero-order valence-electron chi connectivity index (χ0n) is 11.6. The number of nitrogens with two attached hydrogens (primary N) is 1. The molecule has 8 heteroatoms. The number of nitriles is 1. The molecule has 3 N–H and O–H groups in total. The number of amides is 1. The van der Waals surface area contributed by atoms with E-state index in [0.29, 0.717) is 6.42 Å². The Labute approximate surface area is 128 Å². The summed E-state index contributed by atoms with van der Waals surface area (Å²) in [7, 11) is -3.70. The zero-order valence-corrected chi connectivity index (χ0v) is 13.2. The second kappa shape index (κ2) is 8.02. The van der Waals surface area contributed by atoms with Crippen molar-refractivity contribution in [3.05, 3.63) is 24.3 Å². The molecular weight excluding hydrogens is 310 g/mol. The minimum Gasteiger partial charge on any atom is -0.352 e. The van der Waals surface area contributed by atoms with Gasteiger partial charge in [-0.25, -0.2) is 13.6 Å². The summed E-state index contributed by atoms with van der Waals surface area (Å²) in [5, 5.41) is 16.4. The molecule has 1 aromatic rings. The van der Waals surface area contributed by atoms with Crippen molar-refractivity contribution < 1.29 is 13.2 Å². The zero-order chi connectivity index (χ0) is 15.9. The predicted octanol–water partition coefficient (Wildman–Crippen LogP) is 1.23. The van der Waals surface area contributed by atoms with Crippen LogP contribution < -0.4 is 10.5 Å². The predicted molar refractivity (Wildman–Crippen MR) is 81.0 cm³/mol. The van der Waals surface area contributed by atoms with E-state index in [0.717, 1.165) is 4.90 Å². The average Bonchev–Trinajstić information content (AvgIpc) is 2.44. The van der Waals surface area contributed by atoms with E-state index in [1.807, 2.05) is 13.0 Å². The maximum atomic E-state index is 11.7. The molecule has 0 radical (unpaired) electrons. The maximum Gasteiger partial charge on any atom is 0.238 e. The van der Waals surface area contributed by atoms with Crippen LogP contribution in [-0.2, 0) is 14.8 Å². The lowest BCUT2D eigenvalue weighted by Gasteiger charge is -2.13. The van der Waals surface area contributed by atoms with Crippen molar-refractivity contribution in [3.8, 4) is 6.07 Å². The highest BCUT2D eigenvalue weighted by Gasteiger charge is 2.11. The van der Waals surface area contributed by atoms with Crippen molar-refractivity contribution in [1.82, 2.24) is 5.32 Å². The molecule has 21 heavy (non-hydrogen) atoms. The molecule has 0 aromatic heterocycles. The van der Waals surface area contributed by atoms with E-state index in [4.69, 9.17) is 10.4 Å². The first-order chi connectivity index (χ1) is 9.86. The largest absolute Gasteiger partial charge is 0.352 e. The van der Waals surface area contributed by atoms with Crippen molar-refractivity contribution in [1.29, 1.82) is 5.26 Å². The third kappa shape index (κ3) is 6.16. The minimum atomic E-state index is -3.70. The lowest BCUT2D eigenvalue weighted by atomic mass is 10.2. The Morgan fingerprint density at radius 1 is 1.43 bits per heavy atom. The Kier molecular flexibility index (Phi) is 6.68. The first-order valence-electron chi connectivity index (χ1n) is 6.28. The molecule has 0 spiro atoms. The molecule has 1 unspecified atom stereocenters. The number of nitrogens with zero attached hydrogens (tertiary/aromatic N) is 1. The van der Waals surface area contributed by atoms with Crippen LogP contribution >= 0.6 is 11.8 Å². The van der Waals surface area contributed by atoms with E-state index < -0.39 is 10.0 Å². The van der Waals surface area contributed by atoms with Crippen LogP contribution in [0.2, 0.25) is 0 Å². The summed E-state index contributed by atoms with van der Waals surface area (Å²) in [5.74, 6) is 0.0500. The Hall–Kier alpha value is -1.56. The van der Waals surface area contributed by atoms with Crippen molar-refractivity contribution in [2.45, 2.75) is 35.6 Å². The monoisotopic (exact) mass is 327 g/mol. The highest BCUT2D eigenvalue weighted by Crippen LogP contribution is 2.19. The number of carbonyl (C=O) groups is 1. The number of benzene rings is 1. The minimum absolute atomic E-state index is 0.0383. The SMILES string of the molecule is CCC(CC#N)NC(=O)CSc1ccc(S(N)(=O)=O)cc1. The van der Waals surface area contributed by atoms with Gasteiger partial charge in [-0.15, -0.1) is 11.8 Å². The molecule has 0 heterocycles. The smallest absolute Gasteiger partial charge is 0.238 e. The number of nitrogens with one attached hydrogen (secondary N) is 1. The topological polar surface area (TPSA) is 113 Å². The molecule has 0 saturated heterocycles. The van der Waals surface area contributed by atoms with Gasteiger partial charge in [-0.1, -0.05) is 6.92 Å². The fourth-order valence-electron chi connectivity index (χ4n) is 1.55. The Balaban J connectivity index is 2.52. The summed E-state index contributed by atoms with van der Waals surface area (Å²) in [6.45, 7) is 1.90. The van der Waals surface area contributed by atoms with Crippen LogP contribution in [0.3, 0.4) is 0 Å². The van der Waals surface area contributed by atoms with E-state index in [-0.39, 0.29) is 29.0 Å². The lowest BCUT2D eigenvalue weighted by molar-refractivity contribution is -0.119. The van der Waals surface area contributed by atoms with Gasteiger partial charge < -0.3 is 5.32 Å². The van der Waals surface area contributed by atoms with Crippen LogP contribution in [0.1, 0.15) is 19.8 Å². The maximum absolute atomic E-state index is 11.7. The second-order valence-electron chi connectivity index (χ2n) is 4.34. The normalized spacial score (nSPS) is 12.4. The van der Waals surface area contributed by atoms with Crippen molar-refractivity contribution in [3.63, 3.8) is 0 Å². The molecule has 1 atom stereocenters. The van der Waals surface area contributed by atoms with E-state index >= 15 is 0 Å². The summed E-state index contributed by atoms with van der Waals surface area (Å²) >= 11 is 1.29. The van der Waals surface area contributed by atoms with Crippen molar-refractivity contribution in [2.75, 3.05) is 5.75 Å². The Morgan fingerprint density at radius 3 is 2.52 bits per heavy atom. The van der Waals surface area contributed by atoms with Gasteiger partial charge in [-0.05, 0) is 30.7 Å². The van der Waals surface area contributed by atoms with Crippen LogP contribution in [0.4, 0.5) is 0 Å². The molecular formula is C13H17N3O3S2. The van der Waals surface area contributed by atoms with E-state index in [1.54, 1.807) is 12.1 Å². The molecule has 1 amide bonds. The van der Waals surface area contributed by atoms with E-state index in [2.05, 4.69) is 5.32 Å². The number of primary sulfonamides is 1. The van der Waals surface area contributed by atoms with Crippen molar-refractivity contribution >= 4 is 27.7 Å². The number of hydrogen-bond donors (Lipinski definition) is 2. The molecule has 0 aliphatic rings. The van der Waals surface area contributed by atoms with Gasteiger partial charge in [-0.3, -0.25) is 4.79 Å². The van der Waals surface area contributed by atoms with Crippen LogP contribution in [-0.4, -0.2) is 26.1 Å². The van der Waals surface area contributed by atoms with Crippen LogP contribution in [0.15, 0.2) is 34.1 Å². The molecule has 0 bridgehead atoms. The summed E-state index contributed by atoms with van der Waals surface area (Å²) in [5.41, 5.74) is 0. The third-order valence-corrected chi connectivity index (χ3v) is 4.66. The second-order valence-corrected chi connectivity index (χ2v) is 6.95. The number of thioether (sulfide) groups is 1. The van der Waals surface area contributed by atoms with Gasteiger partial charge in [0, 0.05) is 10.9 Å². The fourth-order valence-corrected chi connectivity index (χ4v) is 2.78. The molecule has 0 fully saturated rings. The molecule has 1 aromatic carbocycles. The fraction of sp³-hybridized carbons (Fsp3) is 0.385. The van der Waals surface area contributed by atoms with Gasteiger partial charge in [0.25, 0.3) is 0 Å². The van der Waals surface area contributed by atoms with Gasteiger partial charge in [0.2, 0.25) is 15.9 Å². The van der Waals surface area contributed by atoms with E-state index in [1.165, 1.54) is 23.9 Å². The van der Waals surface area contributed by atoms with Gasteiger partial charge in [0.15, 0.2) is 0 Å². The standard InChI is InChI=1S/C13H17N3O3S2/c1-2-10(7-8-14)16-13(17)9-20-11-3-5-12(6-4-11)21(15,18)19/h3-6,10H,2,7,9H2,1H3,(H,16,17)(H2,15,18,19). The molecule has 0 aliphatic carbocycles. The third-order valence-electron chi connectivity index (χ3n) is 2.72. The highest BCUT2D eigenvalue weighted by atomic mass is 32.2. The molecule has 0 aliphatic heterocycles. The Morgan fingerprint density at radius 2 is 2.05 bits per heavy atom. The van der Waals surface area contributed by atoms with Crippen molar-refractivity contribution in [2.24, 2.45) is 5.14 Å². The van der Waals surface area contributed by atoms with Gasteiger partial charge in [0.05, 0.1) is 23.1 Å². The molecule has 6 nitrogen and oxygen atoms in total. The number of hydrogen-bond acceptors (Lipinski definition) is 5. The Bertz CT molecular complexity index is 621.